The first-order valence-electron chi connectivity index (χ1n) is 10.1. The molecule has 27 heavy (non-hydrogen) atoms. The molecule has 6 heteroatoms. The molecule has 4 rings (SSSR count). The molecule has 0 aliphatic carbocycles. The summed E-state index contributed by atoms with van der Waals surface area (Å²) in [5, 5.41) is 8.39. The monoisotopic (exact) mass is 367 g/mol. The van der Waals surface area contributed by atoms with Crippen molar-refractivity contribution >= 4 is 5.91 Å². The van der Waals surface area contributed by atoms with Gasteiger partial charge in [0.05, 0.1) is 12.6 Å². The maximum Gasteiger partial charge on any atom is 0.254 e. The fraction of sp³-hybridized carbons (Fsp3) is 0.571. The van der Waals surface area contributed by atoms with Crippen molar-refractivity contribution in [2.75, 3.05) is 19.6 Å². The molecule has 144 valence electrons. The molecule has 1 fully saturated rings. The Morgan fingerprint density at radius 2 is 1.78 bits per heavy atom. The van der Waals surface area contributed by atoms with E-state index in [-0.39, 0.29) is 11.9 Å². The first-order chi connectivity index (χ1) is 13.1. The Kier molecular flexibility index (Phi) is 5.25. The second-order valence-electron chi connectivity index (χ2n) is 7.96. The molecule has 1 atom stereocenters. The molecule has 0 radical (unpaired) electrons. The number of hydrogen-bond acceptors (Lipinski definition) is 4. The zero-order valence-electron chi connectivity index (χ0n) is 16.4. The van der Waals surface area contributed by atoms with Crippen LogP contribution in [0.15, 0.2) is 24.3 Å². The molecule has 3 heterocycles. The highest BCUT2D eigenvalue weighted by Gasteiger charge is 2.28. The van der Waals surface area contributed by atoms with E-state index in [2.05, 4.69) is 38.7 Å². The number of rotatable bonds is 3. The second-order valence-corrected chi connectivity index (χ2v) is 7.96. The van der Waals surface area contributed by atoms with Gasteiger partial charge >= 0.3 is 0 Å². The number of fused-ring (bicyclic) bond motifs is 1. The highest BCUT2D eigenvalue weighted by atomic mass is 16.2. The van der Waals surface area contributed by atoms with Crippen LogP contribution in [0.5, 0.6) is 0 Å². The highest BCUT2D eigenvalue weighted by molar-refractivity contribution is 5.94. The van der Waals surface area contributed by atoms with Gasteiger partial charge in [-0.3, -0.25) is 9.69 Å². The summed E-state index contributed by atoms with van der Waals surface area (Å²) in [5.74, 6) is 1.87. The van der Waals surface area contributed by atoms with Crippen LogP contribution in [0.25, 0.3) is 0 Å². The number of nitrogens with zero attached hydrogens (tertiary/aromatic N) is 5. The molecule has 0 bridgehead atoms. The van der Waals surface area contributed by atoms with Crippen LogP contribution in [0.2, 0.25) is 0 Å². The van der Waals surface area contributed by atoms with E-state index in [4.69, 9.17) is 0 Å². The number of hydrogen-bond donors (Lipinski definition) is 0. The summed E-state index contributed by atoms with van der Waals surface area (Å²) < 4.78 is 2.13. The minimum atomic E-state index is 0.0788. The zero-order chi connectivity index (χ0) is 18.8. The van der Waals surface area contributed by atoms with Crippen LogP contribution >= 0.6 is 0 Å². The van der Waals surface area contributed by atoms with Crippen LogP contribution in [0.4, 0.5) is 0 Å². The van der Waals surface area contributed by atoms with Gasteiger partial charge < -0.3 is 9.47 Å². The summed E-state index contributed by atoms with van der Waals surface area (Å²) in [6.07, 6.45) is 5.30. The second kappa shape index (κ2) is 7.80. The molecule has 2 aliphatic rings. The number of carbonyl (C=O) groups excluding carboxylic acids is 1. The Hall–Kier alpha value is -2.21. The van der Waals surface area contributed by atoms with E-state index in [0.717, 1.165) is 23.8 Å². The molecular formula is C21H29N5O. The molecule has 1 unspecified atom stereocenters. The average molecular weight is 367 g/mol. The minimum Gasteiger partial charge on any atom is -0.329 e. The molecular weight excluding hydrogens is 338 g/mol. The van der Waals surface area contributed by atoms with Crippen LogP contribution in [0.3, 0.4) is 0 Å². The van der Waals surface area contributed by atoms with Gasteiger partial charge in [-0.25, -0.2) is 0 Å². The third-order valence-corrected chi connectivity index (χ3v) is 5.79. The van der Waals surface area contributed by atoms with Crippen molar-refractivity contribution < 1.29 is 4.79 Å². The Morgan fingerprint density at radius 1 is 1.07 bits per heavy atom. The Bertz CT molecular complexity index is 789. The van der Waals surface area contributed by atoms with Crippen molar-refractivity contribution in [3.63, 3.8) is 0 Å². The zero-order valence-corrected chi connectivity index (χ0v) is 16.4. The van der Waals surface area contributed by atoms with E-state index in [1.807, 2.05) is 24.0 Å². The summed E-state index contributed by atoms with van der Waals surface area (Å²) in [4.78, 5) is 17.4. The van der Waals surface area contributed by atoms with Gasteiger partial charge in [-0.15, -0.1) is 10.2 Å². The molecule has 1 aromatic heterocycles. The summed E-state index contributed by atoms with van der Waals surface area (Å²) in [6.45, 7) is 8.66. The number of aromatic nitrogens is 3. The van der Waals surface area contributed by atoms with Crippen molar-refractivity contribution in [2.24, 2.45) is 0 Å². The van der Waals surface area contributed by atoms with Gasteiger partial charge in [0.1, 0.15) is 5.82 Å². The predicted octanol–water partition coefficient (Wildman–Crippen LogP) is 3.18. The maximum absolute atomic E-state index is 13.0. The topological polar surface area (TPSA) is 54.3 Å². The number of aryl methyl sites for hydroxylation is 1. The van der Waals surface area contributed by atoms with Crippen LogP contribution < -0.4 is 0 Å². The van der Waals surface area contributed by atoms with Gasteiger partial charge in [0.15, 0.2) is 5.82 Å². The van der Waals surface area contributed by atoms with Crippen molar-refractivity contribution in [3.05, 3.63) is 47.0 Å². The number of likely N-dealkylation sites (tertiary alicyclic amines) is 1. The van der Waals surface area contributed by atoms with Gasteiger partial charge in [-0.1, -0.05) is 25.0 Å². The predicted molar refractivity (Wildman–Crippen MR) is 104 cm³/mol. The van der Waals surface area contributed by atoms with Gasteiger partial charge in [0.2, 0.25) is 0 Å². The lowest BCUT2D eigenvalue weighted by Crippen LogP contribution is -2.40. The largest absolute Gasteiger partial charge is 0.329 e. The Labute approximate surface area is 161 Å². The molecule has 6 nitrogen and oxygen atoms in total. The lowest BCUT2D eigenvalue weighted by Gasteiger charge is -2.32. The Balaban J connectivity index is 1.42. The number of carbonyl (C=O) groups is 1. The maximum atomic E-state index is 13.0. The smallest absolute Gasteiger partial charge is 0.254 e. The van der Waals surface area contributed by atoms with E-state index in [9.17, 15) is 4.79 Å². The minimum absolute atomic E-state index is 0.0788. The van der Waals surface area contributed by atoms with Crippen LogP contribution in [-0.2, 0) is 13.1 Å². The summed E-state index contributed by atoms with van der Waals surface area (Å²) >= 11 is 0. The van der Waals surface area contributed by atoms with E-state index in [1.165, 1.54) is 44.3 Å². The van der Waals surface area contributed by atoms with Crippen molar-refractivity contribution in [1.29, 1.82) is 0 Å². The SMILES string of the molecule is Cc1nnc2n1C(C)CN(C(=O)c1ccc(CN3CCCCCC3)cc1)C2. The summed E-state index contributed by atoms with van der Waals surface area (Å²) in [7, 11) is 0. The van der Waals surface area contributed by atoms with E-state index in [0.29, 0.717) is 13.1 Å². The van der Waals surface area contributed by atoms with Crippen molar-refractivity contribution in [2.45, 2.75) is 58.7 Å². The lowest BCUT2D eigenvalue weighted by atomic mass is 10.1. The normalized spacial score (nSPS) is 21.0. The van der Waals surface area contributed by atoms with Gasteiger partial charge in [0.25, 0.3) is 5.91 Å². The van der Waals surface area contributed by atoms with Crippen LogP contribution in [-0.4, -0.2) is 50.1 Å². The molecule has 1 aromatic carbocycles. The molecule has 2 aromatic rings. The molecule has 1 saturated heterocycles. The Morgan fingerprint density at radius 3 is 2.48 bits per heavy atom. The fourth-order valence-electron chi connectivity index (χ4n) is 4.37. The third kappa shape index (κ3) is 3.90. The van der Waals surface area contributed by atoms with E-state index in [1.54, 1.807) is 0 Å². The van der Waals surface area contributed by atoms with Gasteiger partial charge in [-0.2, -0.15) is 0 Å². The molecule has 0 saturated carbocycles. The molecule has 2 aliphatic heterocycles. The van der Waals surface area contributed by atoms with Gasteiger partial charge in [-0.05, 0) is 57.5 Å². The standard InChI is InChI=1S/C21H29N5O/c1-16-13-25(15-20-23-22-17(2)26(16)20)21(27)19-9-7-18(8-10-19)14-24-11-5-3-4-6-12-24/h7-10,16H,3-6,11-15H2,1-2H3. The number of benzene rings is 1. The first kappa shape index (κ1) is 18.2. The van der Waals surface area contributed by atoms with Crippen LogP contribution in [0, 0.1) is 6.92 Å². The molecule has 1 amide bonds. The van der Waals surface area contributed by atoms with Crippen molar-refractivity contribution in [1.82, 2.24) is 24.6 Å². The van der Waals surface area contributed by atoms with Gasteiger partial charge in [0, 0.05) is 18.7 Å². The number of amides is 1. The summed E-state index contributed by atoms with van der Waals surface area (Å²) in [5.41, 5.74) is 2.04. The van der Waals surface area contributed by atoms with Crippen LogP contribution in [0.1, 0.15) is 66.2 Å². The molecule has 0 N–H and O–H groups in total. The lowest BCUT2D eigenvalue weighted by molar-refractivity contribution is 0.0680. The van der Waals surface area contributed by atoms with Crippen molar-refractivity contribution in [3.8, 4) is 0 Å². The fourth-order valence-corrected chi connectivity index (χ4v) is 4.37. The highest BCUT2D eigenvalue weighted by Crippen LogP contribution is 2.23. The van der Waals surface area contributed by atoms with E-state index < -0.39 is 0 Å². The summed E-state index contributed by atoms with van der Waals surface area (Å²) in [6, 6.07) is 8.38. The third-order valence-electron chi connectivity index (χ3n) is 5.79. The molecule has 0 spiro atoms. The average Bonchev–Trinajstić information content (AvgIpc) is 2.88. The van der Waals surface area contributed by atoms with E-state index >= 15 is 0 Å². The quantitative estimate of drug-likeness (QED) is 0.836. The first-order valence-corrected chi connectivity index (χ1v) is 10.1.